The van der Waals surface area contributed by atoms with Crippen LogP contribution < -0.4 is 5.73 Å². The van der Waals surface area contributed by atoms with Crippen molar-refractivity contribution in [2.45, 2.75) is 38.3 Å². The Hall–Kier alpha value is -1.72. The van der Waals surface area contributed by atoms with Gasteiger partial charge in [0.25, 0.3) is 0 Å². The highest BCUT2D eigenvalue weighted by Crippen LogP contribution is 2.33. The number of ether oxygens (including phenoxy) is 1. The maximum absolute atomic E-state index is 12.2. The zero-order valence-corrected chi connectivity index (χ0v) is 12.7. The second-order valence-corrected chi connectivity index (χ2v) is 6.23. The number of hydrogen-bond acceptors (Lipinski definition) is 5. The highest BCUT2D eigenvalue weighted by molar-refractivity contribution is 7.09. The third-order valence-electron chi connectivity index (χ3n) is 3.68. The van der Waals surface area contributed by atoms with Crippen LogP contribution in [-0.2, 0) is 11.2 Å². The number of thiazole rings is 1. The van der Waals surface area contributed by atoms with E-state index in [1.165, 1.54) is 16.9 Å². The molecule has 2 N–H and O–H groups in total. The number of nitrogens with two attached hydrogens (primary N) is 1. The van der Waals surface area contributed by atoms with Crippen molar-refractivity contribution in [2.75, 3.05) is 0 Å². The number of aromatic nitrogens is 1. The number of aryl methyl sites for hydroxylation is 1. The molecule has 5 heteroatoms. The number of rotatable bonds is 3. The van der Waals surface area contributed by atoms with E-state index in [9.17, 15) is 4.79 Å². The van der Waals surface area contributed by atoms with E-state index in [2.05, 4.69) is 11.1 Å². The van der Waals surface area contributed by atoms with Gasteiger partial charge >= 0.3 is 5.97 Å². The third-order valence-corrected chi connectivity index (χ3v) is 4.73. The van der Waals surface area contributed by atoms with Gasteiger partial charge in [-0.2, -0.15) is 0 Å². The van der Waals surface area contributed by atoms with Crippen molar-refractivity contribution in [3.8, 4) is 0 Å². The summed E-state index contributed by atoms with van der Waals surface area (Å²) >= 11 is 1.40. The van der Waals surface area contributed by atoms with Crippen molar-refractivity contribution in [1.29, 1.82) is 0 Å². The van der Waals surface area contributed by atoms with Crippen molar-refractivity contribution in [3.05, 3.63) is 51.5 Å². The molecule has 0 bridgehead atoms. The number of hydrogen-bond donors (Lipinski definition) is 1. The lowest BCUT2D eigenvalue weighted by Gasteiger charge is -2.25. The highest BCUT2D eigenvalue weighted by Gasteiger charge is 2.25. The Morgan fingerprint density at radius 2 is 2.29 bits per heavy atom. The van der Waals surface area contributed by atoms with E-state index in [4.69, 9.17) is 10.5 Å². The largest absolute Gasteiger partial charge is 0.453 e. The van der Waals surface area contributed by atoms with Gasteiger partial charge in [-0.05, 0) is 37.3 Å². The van der Waals surface area contributed by atoms with Crippen LogP contribution in [0.4, 0.5) is 0 Å². The monoisotopic (exact) mass is 302 g/mol. The van der Waals surface area contributed by atoms with Gasteiger partial charge in [-0.3, -0.25) is 0 Å². The fraction of sp³-hybridized carbons (Fsp3) is 0.375. The highest BCUT2D eigenvalue weighted by atomic mass is 32.1. The fourth-order valence-corrected chi connectivity index (χ4v) is 3.36. The average molecular weight is 302 g/mol. The van der Waals surface area contributed by atoms with Gasteiger partial charge in [0.2, 0.25) is 0 Å². The summed E-state index contributed by atoms with van der Waals surface area (Å²) in [6.45, 7) is 1.85. The Labute approximate surface area is 128 Å². The van der Waals surface area contributed by atoms with E-state index in [0.29, 0.717) is 5.69 Å². The van der Waals surface area contributed by atoms with Gasteiger partial charge in [-0.25, -0.2) is 9.78 Å². The number of benzene rings is 1. The average Bonchev–Trinajstić information content (AvgIpc) is 2.98. The molecule has 1 aliphatic rings. The minimum Gasteiger partial charge on any atom is -0.453 e. The molecule has 1 aromatic carbocycles. The lowest BCUT2D eigenvalue weighted by Crippen LogP contribution is -2.17. The summed E-state index contributed by atoms with van der Waals surface area (Å²) in [6.07, 6.45) is 2.79. The summed E-state index contributed by atoms with van der Waals surface area (Å²) < 4.78 is 5.66. The van der Waals surface area contributed by atoms with Gasteiger partial charge < -0.3 is 10.5 Å². The van der Waals surface area contributed by atoms with E-state index >= 15 is 0 Å². The van der Waals surface area contributed by atoms with Crippen LogP contribution in [0.1, 0.15) is 58.5 Å². The van der Waals surface area contributed by atoms with Crippen LogP contribution in [0.15, 0.2) is 29.6 Å². The molecule has 3 rings (SSSR count). The summed E-state index contributed by atoms with van der Waals surface area (Å²) in [6, 6.07) is 8.00. The summed E-state index contributed by atoms with van der Waals surface area (Å²) in [5, 5.41) is 2.47. The molecule has 0 spiro atoms. The Bertz CT molecular complexity index is 651. The molecule has 0 aliphatic heterocycles. The third kappa shape index (κ3) is 2.99. The second kappa shape index (κ2) is 5.95. The first kappa shape index (κ1) is 14.2. The molecule has 2 unspecified atom stereocenters. The molecule has 0 radical (unpaired) electrons. The zero-order valence-electron chi connectivity index (χ0n) is 11.9. The van der Waals surface area contributed by atoms with E-state index < -0.39 is 0 Å². The molecule has 4 nitrogen and oxygen atoms in total. The molecule has 1 heterocycles. The van der Waals surface area contributed by atoms with E-state index in [-0.39, 0.29) is 18.1 Å². The molecule has 0 amide bonds. The minimum atomic E-state index is -0.361. The number of carbonyl (C=O) groups excluding carboxylic acids is 1. The number of nitrogens with zero attached hydrogens (tertiary/aromatic N) is 1. The second-order valence-electron chi connectivity index (χ2n) is 5.34. The summed E-state index contributed by atoms with van der Waals surface area (Å²) in [5.74, 6) is -0.361. The van der Waals surface area contributed by atoms with Crippen LogP contribution in [0.3, 0.4) is 0 Å². The molecular weight excluding hydrogens is 284 g/mol. The van der Waals surface area contributed by atoms with Crippen molar-refractivity contribution in [1.82, 2.24) is 4.98 Å². The Kier molecular flexibility index (Phi) is 4.03. The van der Waals surface area contributed by atoms with Crippen LogP contribution in [0, 0.1) is 0 Å². The summed E-state index contributed by atoms with van der Waals surface area (Å²) in [4.78, 5) is 16.5. The van der Waals surface area contributed by atoms with Crippen molar-refractivity contribution >= 4 is 17.3 Å². The molecule has 21 heavy (non-hydrogen) atoms. The van der Waals surface area contributed by atoms with Crippen molar-refractivity contribution in [3.63, 3.8) is 0 Å². The van der Waals surface area contributed by atoms with Crippen LogP contribution in [0.25, 0.3) is 0 Å². The van der Waals surface area contributed by atoms with E-state index in [1.807, 2.05) is 25.1 Å². The Balaban J connectivity index is 1.76. The quantitative estimate of drug-likeness (QED) is 0.883. The first-order chi connectivity index (χ1) is 10.1. The molecule has 0 saturated heterocycles. The normalized spacial score (nSPS) is 18.9. The molecular formula is C16H18N2O2S. The van der Waals surface area contributed by atoms with Crippen LogP contribution in [0.2, 0.25) is 0 Å². The maximum atomic E-state index is 12.2. The van der Waals surface area contributed by atoms with Gasteiger partial charge in [0, 0.05) is 5.38 Å². The first-order valence-electron chi connectivity index (χ1n) is 7.15. The Morgan fingerprint density at radius 1 is 1.48 bits per heavy atom. The predicted molar refractivity (Wildman–Crippen MR) is 82.3 cm³/mol. The topological polar surface area (TPSA) is 65.2 Å². The molecule has 110 valence electrons. The molecule has 2 atom stereocenters. The van der Waals surface area contributed by atoms with Crippen molar-refractivity contribution in [2.24, 2.45) is 5.73 Å². The number of esters is 1. The number of carbonyl (C=O) groups is 1. The molecule has 2 aromatic rings. The van der Waals surface area contributed by atoms with Gasteiger partial charge in [0.15, 0.2) is 5.69 Å². The van der Waals surface area contributed by atoms with Gasteiger partial charge in [0.05, 0.1) is 6.04 Å². The van der Waals surface area contributed by atoms with Crippen molar-refractivity contribution < 1.29 is 9.53 Å². The predicted octanol–water partition coefficient (Wildman–Crippen LogP) is 3.40. The fourth-order valence-electron chi connectivity index (χ4n) is 2.61. The molecule has 1 aliphatic carbocycles. The standard InChI is InChI=1S/C16H18N2O2S/c1-10(17)15-18-13(9-21-15)16(19)20-14-8-4-6-11-5-2-3-7-12(11)14/h2-3,5,7,9-10,14H,4,6,8,17H2,1H3. The molecule has 0 saturated carbocycles. The molecule has 0 fully saturated rings. The van der Waals surface area contributed by atoms with Crippen LogP contribution >= 0.6 is 11.3 Å². The SMILES string of the molecule is CC(N)c1nc(C(=O)OC2CCCc3ccccc32)cs1. The minimum absolute atomic E-state index is 0.160. The summed E-state index contributed by atoms with van der Waals surface area (Å²) in [7, 11) is 0. The van der Waals surface area contributed by atoms with Gasteiger partial charge in [-0.15, -0.1) is 11.3 Å². The molecule has 1 aromatic heterocycles. The van der Waals surface area contributed by atoms with Gasteiger partial charge in [-0.1, -0.05) is 24.3 Å². The zero-order chi connectivity index (χ0) is 14.8. The Morgan fingerprint density at radius 3 is 3.05 bits per heavy atom. The van der Waals surface area contributed by atoms with Crippen LogP contribution in [0.5, 0.6) is 0 Å². The van der Waals surface area contributed by atoms with E-state index in [0.717, 1.165) is 29.8 Å². The smallest absolute Gasteiger partial charge is 0.358 e. The number of fused-ring (bicyclic) bond motifs is 1. The van der Waals surface area contributed by atoms with Gasteiger partial charge in [0.1, 0.15) is 11.1 Å². The lowest BCUT2D eigenvalue weighted by atomic mass is 9.89. The maximum Gasteiger partial charge on any atom is 0.358 e. The summed E-state index contributed by atoms with van der Waals surface area (Å²) in [5.41, 5.74) is 8.53. The van der Waals surface area contributed by atoms with Crippen LogP contribution in [-0.4, -0.2) is 11.0 Å². The van der Waals surface area contributed by atoms with E-state index in [1.54, 1.807) is 5.38 Å². The lowest BCUT2D eigenvalue weighted by molar-refractivity contribution is 0.0250. The first-order valence-corrected chi connectivity index (χ1v) is 8.03.